The van der Waals surface area contributed by atoms with Crippen LogP contribution in [0.4, 0.5) is 0 Å². The molecule has 12 aromatic rings. The van der Waals surface area contributed by atoms with Crippen molar-refractivity contribution in [3.63, 3.8) is 0 Å². The van der Waals surface area contributed by atoms with Gasteiger partial charge in [-0.1, -0.05) is 352 Å². The van der Waals surface area contributed by atoms with Crippen LogP contribution in [0.5, 0.6) is 0 Å². The van der Waals surface area contributed by atoms with E-state index in [1.165, 1.54) is 6.92 Å². The SMILES string of the molecule is CC(=O)OC[C@H]1O[C@@H](O[C@@H]2[C@H](OCc3ccccc3)[C@@H](OCc3ccccc3)[C@H](O[C@@H]3[C@H](OCc4ccccc4)[C@@H](OCc4ccccc4)[C@H](OCc4ccccc4)O[C@@H]3COCc3ccccc3)O[C@@H]2COCc2ccccc2)[C@H](OCc2ccccc2)[C@@H](OCc2ccccc2)[C@H]1O[C@@H]1O[C@H](COC(=O)c2ccccc2)[C@@H](O)[C@H](OCc2ccccc2)[C@H]1OCc1ccccc1. The number of aliphatic hydroxyl groups is 1. The number of esters is 2. The number of rotatable bonds is 46. The molecule has 16 rings (SSSR count). The van der Waals surface area contributed by atoms with E-state index in [1.54, 1.807) is 30.3 Å². The van der Waals surface area contributed by atoms with Gasteiger partial charge in [-0.05, 0) is 73.3 Å². The van der Waals surface area contributed by atoms with Gasteiger partial charge in [0, 0.05) is 6.92 Å². The Balaban J connectivity index is 0.832. The predicted octanol–water partition coefficient (Wildman–Crippen LogP) is 17.2. The Morgan fingerprint density at radius 1 is 0.226 bits per heavy atom. The van der Waals surface area contributed by atoms with Gasteiger partial charge in [0.25, 0.3) is 0 Å². The van der Waals surface area contributed by atoms with Gasteiger partial charge in [0.05, 0.1) is 91.5 Å². The second kappa shape index (κ2) is 50.2. The number of benzene rings is 12. The lowest BCUT2D eigenvalue weighted by Gasteiger charge is -2.52. The van der Waals surface area contributed by atoms with Crippen molar-refractivity contribution < 1.29 is 109 Å². The zero-order chi connectivity index (χ0) is 90.8. The minimum absolute atomic E-state index is 0.000496. The summed E-state index contributed by atoms with van der Waals surface area (Å²) in [5, 5.41) is 12.9. The first-order chi connectivity index (χ1) is 65.6. The van der Waals surface area contributed by atoms with Gasteiger partial charge in [0.15, 0.2) is 25.2 Å². The molecule has 692 valence electrons. The molecule has 0 spiro atoms. The van der Waals surface area contributed by atoms with Crippen molar-refractivity contribution in [3.8, 4) is 0 Å². The van der Waals surface area contributed by atoms with Crippen molar-refractivity contribution in [1.82, 2.24) is 0 Å². The van der Waals surface area contributed by atoms with Crippen LogP contribution in [0.1, 0.15) is 78.5 Å². The standard InChI is InChI=1S/C110H114O23/c1-77(111)116-76-93-97(133-108-102(121-68-84-50-26-8-27-51-84)98(117-64-80-42-18-4-19-43-80)94(112)90(127-108)75-125-106(113)89-60-36-13-37-61-89)101(120-67-83-48-24-7-25-49-83)105(124-71-87-56-32-11-33-57-87)110(130-93)132-96-92(74-115-63-79-40-16-3-17-41-79)129-109(104(123-70-86-54-30-10-31-55-86)100(96)119-66-82-46-22-6-23-47-82)131-95-91(73-114-62-78-38-14-2-15-39-78)128-107(126-72-88-58-34-12-35-59-88)103(122-69-85-52-28-9-29-53-85)99(95)118-65-81-44-20-5-21-45-81/h2-61,90-105,107-110,112H,62-76H2,1H3/t90-,91-,92-,93-,94-,95+,96+,97+,98+,99+,100+,101+,102-,103-,104-,105-,107-,108+,109+,110+/m1/s1. The van der Waals surface area contributed by atoms with E-state index >= 15 is 0 Å². The molecule has 0 aromatic heterocycles. The number of hydrogen-bond donors (Lipinski definition) is 1. The van der Waals surface area contributed by atoms with Crippen LogP contribution in [-0.4, -0.2) is 166 Å². The van der Waals surface area contributed by atoms with Gasteiger partial charge in [-0.25, -0.2) is 4.79 Å². The summed E-state index contributed by atoms with van der Waals surface area (Å²) in [5.41, 5.74) is 9.43. The lowest BCUT2D eigenvalue weighted by atomic mass is 9.94. The summed E-state index contributed by atoms with van der Waals surface area (Å²) in [7, 11) is 0. The number of carbonyl (C=O) groups excluding carboxylic acids is 2. The molecule has 4 saturated heterocycles. The highest BCUT2D eigenvalue weighted by molar-refractivity contribution is 5.89. The summed E-state index contributed by atoms with van der Waals surface area (Å²) < 4.78 is 145. The van der Waals surface area contributed by atoms with Crippen LogP contribution in [0.25, 0.3) is 0 Å². The number of aliphatic hydroxyl groups excluding tert-OH is 1. The average Bonchev–Trinajstić information content (AvgIpc) is 0.752. The molecule has 4 heterocycles. The lowest BCUT2D eigenvalue weighted by Crippen LogP contribution is -2.69. The number of hydrogen-bond acceptors (Lipinski definition) is 23. The molecule has 0 bridgehead atoms. The monoisotopic (exact) mass is 1800 g/mol. The number of ether oxygens (including phenoxy) is 20. The fourth-order valence-electron chi connectivity index (χ4n) is 16.6. The maximum atomic E-state index is 14.0. The van der Waals surface area contributed by atoms with Gasteiger partial charge >= 0.3 is 11.9 Å². The van der Waals surface area contributed by atoms with Crippen LogP contribution in [0.15, 0.2) is 364 Å². The van der Waals surface area contributed by atoms with Crippen LogP contribution in [-0.2, 0) is 172 Å². The normalized spacial score (nSPS) is 25.3. The molecule has 4 fully saturated rings. The van der Waals surface area contributed by atoms with Gasteiger partial charge in [-0.2, -0.15) is 0 Å². The Bertz CT molecular complexity index is 5300. The van der Waals surface area contributed by atoms with E-state index < -0.39 is 148 Å². The van der Waals surface area contributed by atoms with Crippen molar-refractivity contribution in [1.29, 1.82) is 0 Å². The van der Waals surface area contributed by atoms with Crippen molar-refractivity contribution in [2.45, 2.75) is 202 Å². The van der Waals surface area contributed by atoms with Crippen LogP contribution in [0, 0.1) is 0 Å². The third-order valence-electron chi connectivity index (χ3n) is 23.4. The van der Waals surface area contributed by atoms with Crippen LogP contribution in [0.2, 0.25) is 0 Å². The fraction of sp³-hybridized carbons (Fsp3) is 0.327. The summed E-state index contributed by atoms with van der Waals surface area (Å²) in [4.78, 5) is 27.8. The van der Waals surface area contributed by atoms with Crippen LogP contribution in [0.3, 0.4) is 0 Å². The Labute approximate surface area is 776 Å². The van der Waals surface area contributed by atoms with E-state index in [0.29, 0.717) is 0 Å². The second-order valence-electron chi connectivity index (χ2n) is 33.1. The first-order valence-corrected chi connectivity index (χ1v) is 45.4. The van der Waals surface area contributed by atoms with E-state index in [0.717, 1.165) is 61.2 Å². The fourth-order valence-corrected chi connectivity index (χ4v) is 16.6. The van der Waals surface area contributed by atoms with E-state index in [2.05, 4.69) is 0 Å². The molecular formula is C110H114O23. The predicted molar refractivity (Wildman–Crippen MR) is 492 cm³/mol. The molecule has 12 aromatic carbocycles. The Kier molecular flexibility index (Phi) is 35.9. The summed E-state index contributed by atoms with van der Waals surface area (Å²) in [6.07, 6.45) is -25.7. The van der Waals surface area contributed by atoms with Crippen LogP contribution < -0.4 is 0 Å². The molecule has 23 nitrogen and oxygen atoms in total. The Hall–Kier alpha value is -11.2. The van der Waals surface area contributed by atoms with E-state index in [4.69, 9.17) is 94.7 Å². The zero-order valence-corrected chi connectivity index (χ0v) is 74.2. The third-order valence-corrected chi connectivity index (χ3v) is 23.4. The quantitative estimate of drug-likeness (QED) is 0.0349. The summed E-state index contributed by atoms with van der Waals surface area (Å²) in [6, 6.07) is 116. The topological polar surface area (TPSA) is 239 Å². The minimum atomic E-state index is -1.57. The molecule has 0 aliphatic carbocycles. The smallest absolute Gasteiger partial charge is 0.338 e. The highest BCUT2D eigenvalue weighted by Gasteiger charge is 2.59. The first kappa shape index (κ1) is 95.0. The Morgan fingerprint density at radius 3 is 0.722 bits per heavy atom. The van der Waals surface area contributed by atoms with Crippen molar-refractivity contribution >= 4 is 11.9 Å². The first-order valence-electron chi connectivity index (χ1n) is 45.4. The summed E-state index contributed by atoms with van der Waals surface area (Å²) in [5.74, 6) is -1.32. The van der Waals surface area contributed by atoms with Crippen molar-refractivity contribution in [3.05, 3.63) is 431 Å². The molecule has 1 N–H and O–H groups in total. The average molecular weight is 1800 g/mol. The molecule has 4 aliphatic rings. The van der Waals surface area contributed by atoms with Crippen LogP contribution >= 0.6 is 0 Å². The van der Waals surface area contributed by atoms with E-state index in [-0.39, 0.29) is 91.5 Å². The minimum Gasteiger partial charge on any atom is -0.463 e. The highest BCUT2D eigenvalue weighted by atomic mass is 16.8. The third kappa shape index (κ3) is 27.8. The molecule has 4 aliphatic heterocycles. The molecule has 0 amide bonds. The molecule has 0 radical (unpaired) electrons. The van der Waals surface area contributed by atoms with Gasteiger partial charge in [0.2, 0.25) is 0 Å². The lowest BCUT2D eigenvalue weighted by molar-refractivity contribution is -0.402. The molecule has 23 heteroatoms. The second-order valence-corrected chi connectivity index (χ2v) is 33.1. The molecule has 133 heavy (non-hydrogen) atoms. The van der Waals surface area contributed by atoms with Gasteiger partial charge < -0.3 is 99.8 Å². The highest BCUT2D eigenvalue weighted by Crippen LogP contribution is 2.42. The molecular weight excluding hydrogens is 1690 g/mol. The summed E-state index contributed by atoms with van der Waals surface area (Å²) >= 11 is 0. The van der Waals surface area contributed by atoms with Gasteiger partial charge in [-0.15, -0.1) is 0 Å². The maximum Gasteiger partial charge on any atom is 0.338 e. The van der Waals surface area contributed by atoms with Crippen molar-refractivity contribution in [2.24, 2.45) is 0 Å². The molecule has 0 saturated carbocycles. The van der Waals surface area contributed by atoms with Gasteiger partial charge in [0.1, 0.15) is 111 Å². The Morgan fingerprint density at radius 2 is 0.436 bits per heavy atom. The molecule has 0 unspecified atom stereocenters. The largest absolute Gasteiger partial charge is 0.463 e. The number of carbonyl (C=O) groups is 2. The van der Waals surface area contributed by atoms with E-state index in [9.17, 15) is 14.7 Å². The molecule has 20 atom stereocenters. The summed E-state index contributed by atoms with van der Waals surface area (Å²) in [6.45, 7) is 0.649. The van der Waals surface area contributed by atoms with E-state index in [1.807, 2.05) is 334 Å². The van der Waals surface area contributed by atoms with Gasteiger partial charge in [-0.3, -0.25) is 4.79 Å². The maximum absolute atomic E-state index is 14.0. The van der Waals surface area contributed by atoms with Crippen molar-refractivity contribution in [2.75, 3.05) is 26.4 Å². The zero-order valence-electron chi connectivity index (χ0n) is 74.2.